The number of likely N-dealkylation sites (tertiary alicyclic amines) is 1. The first-order valence-electron chi connectivity index (χ1n) is 6.83. The molecule has 18 heavy (non-hydrogen) atoms. The SMILES string of the molecule is CCCN1CCC(C(=O)O)(N(C=O)C2CC2)CC1. The fourth-order valence-electron chi connectivity index (χ4n) is 2.93. The van der Waals surface area contributed by atoms with Gasteiger partial charge in [-0.1, -0.05) is 6.92 Å². The number of nitrogens with zero attached hydrogens (tertiary/aromatic N) is 2. The van der Waals surface area contributed by atoms with Gasteiger partial charge in [0.15, 0.2) is 0 Å². The van der Waals surface area contributed by atoms with Gasteiger partial charge in [-0.25, -0.2) is 4.79 Å². The Bertz CT molecular complexity index is 320. The van der Waals surface area contributed by atoms with Crippen LogP contribution in [0.4, 0.5) is 0 Å². The Hall–Kier alpha value is -1.10. The molecule has 1 saturated heterocycles. The van der Waals surface area contributed by atoms with Gasteiger partial charge in [-0.15, -0.1) is 0 Å². The number of carbonyl (C=O) groups is 2. The van der Waals surface area contributed by atoms with Gasteiger partial charge in [0.05, 0.1) is 0 Å². The topological polar surface area (TPSA) is 60.9 Å². The molecule has 5 nitrogen and oxygen atoms in total. The van der Waals surface area contributed by atoms with E-state index in [1.165, 1.54) is 0 Å². The van der Waals surface area contributed by atoms with Crippen molar-refractivity contribution in [1.82, 2.24) is 9.80 Å². The van der Waals surface area contributed by atoms with Gasteiger partial charge in [0.25, 0.3) is 0 Å². The number of aliphatic carboxylic acids is 1. The van der Waals surface area contributed by atoms with Crippen LogP contribution in [0.2, 0.25) is 0 Å². The zero-order valence-electron chi connectivity index (χ0n) is 11.0. The molecule has 1 aliphatic carbocycles. The molecule has 1 saturated carbocycles. The van der Waals surface area contributed by atoms with E-state index < -0.39 is 11.5 Å². The molecule has 0 unspecified atom stereocenters. The third-order valence-electron chi connectivity index (χ3n) is 4.17. The van der Waals surface area contributed by atoms with E-state index in [1.54, 1.807) is 4.90 Å². The highest BCUT2D eigenvalue weighted by Gasteiger charge is 2.50. The van der Waals surface area contributed by atoms with E-state index in [1.807, 2.05) is 0 Å². The lowest BCUT2D eigenvalue weighted by Gasteiger charge is -2.44. The largest absolute Gasteiger partial charge is 0.479 e. The smallest absolute Gasteiger partial charge is 0.329 e. The van der Waals surface area contributed by atoms with Gasteiger partial charge < -0.3 is 14.9 Å². The molecule has 1 N–H and O–H groups in total. The molecule has 2 aliphatic rings. The van der Waals surface area contributed by atoms with Crippen molar-refractivity contribution >= 4 is 12.4 Å². The molecule has 0 aromatic heterocycles. The normalized spacial score (nSPS) is 23.6. The maximum Gasteiger partial charge on any atom is 0.329 e. The van der Waals surface area contributed by atoms with Crippen LogP contribution in [0.5, 0.6) is 0 Å². The number of carbonyl (C=O) groups excluding carboxylic acids is 1. The van der Waals surface area contributed by atoms with Gasteiger partial charge in [0.2, 0.25) is 6.41 Å². The van der Waals surface area contributed by atoms with E-state index in [2.05, 4.69) is 11.8 Å². The molecule has 0 aromatic rings. The van der Waals surface area contributed by atoms with Crippen LogP contribution in [0.25, 0.3) is 0 Å². The lowest BCUT2D eigenvalue weighted by molar-refractivity contribution is -0.159. The standard InChI is InChI=1S/C13H22N2O3/c1-2-7-14-8-5-13(6-9-14,12(17)18)15(10-16)11-3-4-11/h10-11H,2-9H2,1H3,(H,17,18). The van der Waals surface area contributed by atoms with Crippen molar-refractivity contribution < 1.29 is 14.7 Å². The molecule has 1 aliphatic heterocycles. The highest BCUT2D eigenvalue weighted by molar-refractivity contribution is 5.82. The Kier molecular flexibility index (Phi) is 3.90. The number of carboxylic acid groups (broad SMARTS) is 1. The van der Waals surface area contributed by atoms with E-state index >= 15 is 0 Å². The molecule has 102 valence electrons. The monoisotopic (exact) mass is 254 g/mol. The van der Waals surface area contributed by atoms with Gasteiger partial charge in [0.1, 0.15) is 5.54 Å². The molecular formula is C13H22N2O3. The zero-order chi connectivity index (χ0) is 13.2. The Morgan fingerprint density at radius 1 is 1.44 bits per heavy atom. The summed E-state index contributed by atoms with van der Waals surface area (Å²) in [6.45, 7) is 4.69. The average molecular weight is 254 g/mol. The second-order valence-electron chi connectivity index (χ2n) is 5.42. The minimum atomic E-state index is -0.951. The molecule has 0 radical (unpaired) electrons. The predicted octanol–water partition coefficient (Wildman–Crippen LogP) is 0.936. The maximum atomic E-state index is 11.7. The van der Waals surface area contributed by atoms with Crippen molar-refractivity contribution in [3.8, 4) is 0 Å². The van der Waals surface area contributed by atoms with E-state index in [4.69, 9.17) is 0 Å². The molecule has 0 bridgehead atoms. The number of hydrogen-bond acceptors (Lipinski definition) is 3. The quantitative estimate of drug-likeness (QED) is 0.717. The second kappa shape index (κ2) is 5.26. The highest BCUT2D eigenvalue weighted by Crippen LogP contribution is 2.37. The first kappa shape index (κ1) is 13.3. The first-order valence-corrected chi connectivity index (χ1v) is 6.83. The summed E-state index contributed by atoms with van der Waals surface area (Å²) >= 11 is 0. The number of carboxylic acids is 1. The van der Waals surface area contributed by atoms with E-state index in [9.17, 15) is 14.7 Å². The van der Waals surface area contributed by atoms with E-state index in [-0.39, 0.29) is 6.04 Å². The van der Waals surface area contributed by atoms with Gasteiger partial charge in [-0.3, -0.25) is 4.79 Å². The lowest BCUT2D eigenvalue weighted by atomic mass is 9.85. The summed E-state index contributed by atoms with van der Waals surface area (Å²) in [5, 5.41) is 9.56. The molecule has 1 amide bonds. The summed E-state index contributed by atoms with van der Waals surface area (Å²) in [4.78, 5) is 26.8. The Labute approximate surface area is 108 Å². The molecular weight excluding hydrogens is 232 g/mol. The first-order chi connectivity index (χ1) is 8.64. The van der Waals surface area contributed by atoms with Crippen LogP contribution in [0, 0.1) is 0 Å². The summed E-state index contributed by atoms with van der Waals surface area (Å²) in [7, 11) is 0. The third-order valence-corrected chi connectivity index (χ3v) is 4.17. The van der Waals surface area contributed by atoms with Gasteiger partial charge >= 0.3 is 5.97 Å². The summed E-state index contributed by atoms with van der Waals surface area (Å²) in [5.74, 6) is -0.836. The van der Waals surface area contributed by atoms with Crippen LogP contribution in [0.15, 0.2) is 0 Å². The molecule has 0 spiro atoms. The van der Waals surface area contributed by atoms with Gasteiger partial charge in [-0.05, 0) is 38.6 Å². The van der Waals surface area contributed by atoms with Crippen molar-refractivity contribution in [3.05, 3.63) is 0 Å². The third kappa shape index (κ3) is 2.36. The summed E-state index contributed by atoms with van der Waals surface area (Å²) in [6, 6.07) is 0.163. The summed E-state index contributed by atoms with van der Waals surface area (Å²) in [5.41, 5.74) is -0.951. The van der Waals surface area contributed by atoms with Crippen molar-refractivity contribution in [3.63, 3.8) is 0 Å². The van der Waals surface area contributed by atoms with Crippen LogP contribution < -0.4 is 0 Å². The zero-order valence-corrected chi connectivity index (χ0v) is 11.0. The maximum absolute atomic E-state index is 11.7. The van der Waals surface area contributed by atoms with E-state index in [0.717, 1.165) is 45.3 Å². The van der Waals surface area contributed by atoms with Gasteiger partial charge in [-0.2, -0.15) is 0 Å². The minimum Gasteiger partial charge on any atom is -0.479 e. The van der Waals surface area contributed by atoms with Crippen molar-refractivity contribution in [2.45, 2.75) is 50.6 Å². The number of hydrogen-bond donors (Lipinski definition) is 1. The van der Waals surface area contributed by atoms with E-state index in [0.29, 0.717) is 12.8 Å². The predicted molar refractivity (Wildman–Crippen MR) is 67.3 cm³/mol. The van der Waals surface area contributed by atoms with Crippen molar-refractivity contribution in [2.24, 2.45) is 0 Å². The summed E-state index contributed by atoms with van der Waals surface area (Å²) in [6.07, 6.45) is 4.84. The Morgan fingerprint density at radius 2 is 2.06 bits per heavy atom. The van der Waals surface area contributed by atoms with Crippen LogP contribution >= 0.6 is 0 Å². The average Bonchev–Trinajstić information content (AvgIpc) is 3.17. The molecule has 5 heteroatoms. The molecule has 0 aromatic carbocycles. The number of rotatable bonds is 6. The molecule has 2 fully saturated rings. The molecule has 1 heterocycles. The summed E-state index contributed by atoms with van der Waals surface area (Å²) < 4.78 is 0. The molecule has 0 atom stereocenters. The van der Waals surface area contributed by atoms with Crippen LogP contribution in [0.1, 0.15) is 39.0 Å². The Balaban J connectivity index is 2.09. The van der Waals surface area contributed by atoms with Crippen molar-refractivity contribution in [2.75, 3.05) is 19.6 Å². The molecule has 2 rings (SSSR count). The number of piperidine rings is 1. The van der Waals surface area contributed by atoms with Crippen LogP contribution in [-0.2, 0) is 9.59 Å². The number of amides is 1. The van der Waals surface area contributed by atoms with Crippen LogP contribution in [0.3, 0.4) is 0 Å². The second-order valence-corrected chi connectivity index (χ2v) is 5.42. The lowest BCUT2D eigenvalue weighted by Crippen LogP contribution is -2.60. The highest BCUT2D eigenvalue weighted by atomic mass is 16.4. The fraction of sp³-hybridized carbons (Fsp3) is 0.846. The minimum absolute atomic E-state index is 0.163. The van der Waals surface area contributed by atoms with Gasteiger partial charge in [0, 0.05) is 19.1 Å². The van der Waals surface area contributed by atoms with Crippen molar-refractivity contribution in [1.29, 1.82) is 0 Å². The Morgan fingerprint density at radius 3 is 2.44 bits per heavy atom. The fourth-order valence-corrected chi connectivity index (χ4v) is 2.93. The van der Waals surface area contributed by atoms with Crippen LogP contribution in [-0.4, -0.2) is 58.5 Å².